The van der Waals surface area contributed by atoms with Gasteiger partial charge in [0, 0.05) is 27.1 Å². The second-order valence-electron chi connectivity index (χ2n) is 8.17. The van der Waals surface area contributed by atoms with E-state index < -0.39 is 0 Å². The highest BCUT2D eigenvalue weighted by molar-refractivity contribution is 9.10. The lowest BCUT2D eigenvalue weighted by Crippen LogP contribution is -2.20. The van der Waals surface area contributed by atoms with Gasteiger partial charge in [-0.25, -0.2) is 4.98 Å². The number of aromatic nitrogens is 3. The summed E-state index contributed by atoms with van der Waals surface area (Å²) in [5, 5.41) is 5.01. The minimum Gasteiger partial charge on any atom is -0.491 e. The van der Waals surface area contributed by atoms with E-state index >= 15 is 0 Å². The number of hydrogen-bond donors (Lipinski definition) is 0. The van der Waals surface area contributed by atoms with Gasteiger partial charge in [-0.3, -0.25) is 4.79 Å². The van der Waals surface area contributed by atoms with E-state index in [4.69, 9.17) is 4.74 Å². The molecule has 0 aliphatic rings. The van der Waals surface area contributed by atoms with Crippen LogP contribution in [0.25, 0.3) is 16.6 Å². The molecule has 7 heteroatoms. The molecule has 1 atom stereocenters. The molecule has 0 bridgehead atoms. The Balaban J connectivity index is 1.67. The van der Waals surface area contributed by atoms with Crippen molar-refractivity contribution in [3.05, 3.63) is 86.1 Å². The van der Waals surface area contributed by atoms with Crippen LogP contribution in [0.1, 0.15) is 43.0 Å². The predicted octanol–water partition coefficient (Wildman–Crippen LogP) is 5.93. The monoisotopic (exact) mass is 506 g/mol. The van der Waals surface area contributed by atoms with E-state index in [1.807, 2.05) is 31.2 Å². The molecule has 2 aromatic heterocycles. The van der Waals surface area contributed by atoms with Crippen molar-refractivity contribution in [3.8, 4) is 11.4 Å². The topological polar surface area (TPSA) is 61.4 Å². The normalized spacial score (nSPS) is 12.5. The average molecular weight is 507 g/mol. The Morgan fingerprint density at radius 2 is 1.85 bits per heavy atom. The SMILES string of the molecule is CC[C@H](C)Oc1ccc(-n2c(C)cc(C=Nn3c(C)nc4ccc(Br)cc4c3=O)c2C)cc1. The van der Waals surface area contributed by atoms with E-state index in [0.717, 1.165) is 39.3 Å². The molecule has 6 nitrogen and oxygen atoms in total. The summed E-state index contributed by atoms with van der Waals surface area (Å²) in [6.45, 7) is 10.1. The first kappa shape index (κ1) is 23.0. The van der Waals surface area contributed by atoms with Gasteiger partial charge in [-0.05, 0) is 82.6 Å². The molecular weight excluding hydrogens is 480 g/mol. The third kappa shape index (κ3) is 4.64. The minimum absolute atomic E-state index is 0.186. The largest absolute Gasteiger partial charge is 0.491 e. The first-order valence-electron chi connectivity index (χ1n) is 11.0. The number of hydrogen-bond acceptors (Lipinski definition) is 4. The van der Waals surface area contributed by atoms with Gasteiger partial charge in [-0.15, -0.1) is 0 Å². The molecule has 2 heterocycles. The van der Waals surface area contributed by atoms with Crippen LogP contribution in [0, 0.1) is 20.8 Å². The summed E-state index contributed by atoms with van der Waals surface area (Å²) < 4.78 is 10.2. The Kier molecular flexibility index (Phi) is 6.51. The fraction of sp³-hybridized carbons (Fsp3) is 0.269. The van der Waals surface area contributed by atoms with Crippen LogP contribution in [-0.4, -0.2) is 26.5 Å². The zero-order valence-electron chi connectivity index (χ0n) is 19.5. The Bertz CT molecular complexity index is 1400. The lowest BCUT2D eigenvalue weighted by atomic mass is 10.2. The van der Waals surface area contributed by atoms with Crippen LogP contribution >= 0.6 is 15.9 Å². The fourth-order valence-corrected chi connectivity index (χ4v) is 4.18. The van der Waals surface area contributed by atoms with E-state index in [0.29, 0.717) is 16.7 Å². The van der Waals surface area contributed by atoms with Gasteiger partial charge < -0.3 is 9.30 Å². The molecule has 0 radical (unpaired) electrons. The predicted molar refractivity (Wildman–Crippen MR) is 137 cm³/mol. The number of halogens is 1. The molecule has 0 amide bonds. The van der Waals surface area contributed by atoms with E-state index in [2.05, 4.69) is 69.6 Å². The van der Waals surface area contributed by atoms with E-state index in [1.165, 1.54) is 4.68 Å². The van der Waals surface area contributed by atoms with Crippen molar-refractivity contribution in [1.29, 1.82) is 0 Å². The van der Waals surface area contributed by atoms with Crippen LogP contribution in [0.5, 0.6) is 5.75 Å². The van der Waals surface area contributed by atoms with Crippen molar-refractivity contribution in [2.45, 2.75) is 47.1 Å². The van der Waals surface area contributed by atoms with Gasteiger partial charge in [0.1, 0.15) is 11.6 Å². The van der Waals surface area contributed by atoms with Gasteiger partial charge in [0.15, 0.2) is 0 Å². The van der Waals surface area contributed by atoms with E-state index in [1.54, 1.807) is 19.2 Å². The highest BCUT2D eigenvalue weighted by Gasteiger charge is 2.12. The first-order valence-corrected chi connectivity index (χ1v) is 11.8. The highest BCUT2D eigenvalue weighted by Crippen LogP contribution is 2.23. The molecule has 0 aliphatic carbocycles. The van der Waals surface area contributed by atoms with Gasteiger partial charge in [0.05, 0.1) is 23.2 Å². The van der Waals surface area contributed by atoms with E-state index in [9.17, 15) is 4.79 Å². The Hall–Kier alpha value is -3.19. The van der Waals surface area contributed by atoms with Crippen molar-refractivity contribution in [2.75, 3.05) is 0 Å². The molecular formula is C26H27BrN4O2. The Morgan fingerprint density at radius 1 is 1.12 bits per heavy atom. The quantitative estimate of drug-likeness (QED) is 0.304. The van der Waals surface area contributed by atoms with Crippen LogP contribution < -0.4 is 10.3 Å². The summed E-state index contributed by atoms with van der Waals surface area (Å²) in [4.78, 5) is 17.5. The van der Waals surface area contributed by atoms with Gasteiger partial charge in [0.2, 0.25) is 0 Å². The number of nitrogens with zero attached hydrogens (tertiary/aromatic N) is 4. The number of aryl methyl sites for hydroxylation is 2. The van der Waals surface area contributed by atoms with Crippen molar-refractivity contribution in [1.82, 2.24) is 14.2 Å². The summed E-state index contributed by atoms with van der Waals surface area (Å²) in [6, 6.07) is 15.6. The molecule has 0 N–H and O–H groups in total. The molecule has 0 saturated heterocycles. The lowest BCUT2D eigenvalue weighted by Gasteiger charge is -2.14. The summed E-state index contributed by atoms with van der Waals surface area (Å²) in [5.41, 5.74) is 4.56. The molecule has 0 fully saturated rings. The maximum atomic E-state index is 13.0. The van der Waals surface area contributed by atoms with Crippen LogP contribution in [0.4, 0.5) is 0 Å². The molecule has 0 spiro atoms. The number of fused-ring (bicyclic) bond motifs is 1. The molecule has 0 unspecified atom stereocenters. The smallest absolute Gasteiger partial charge is 0.282 e. The minimum atomic E-state index is -0.194. The zero-order chi connectivity index (χ0) is 23.7. The summed E-state index contributed by atoms with van der Waals surface area (Å²) >= 11 is 3.42. The molecule has 170 valence electrons. The number of ether oxygens (including phenoxy) is 1. The third-order valence-electron chi connectivity index (χ3n) is 5.76. The molecule has 0 aliphatic heterocycles. The van der Waals surface area contributed by atoms with Crippen molar-refractivity contribution >= 4 is 33.0 Å². The van der Waals surface area contributed by atoms with Crippen LogP contribution in [0.15, 0.2) is 62.9 Å². The van der Waals surface area contributed by atoms with E-state index in [-0.39, 0.29) is 11.7 Å². The fourth-order valence-electron chi connectivity index (χ4n) is 3.82. The van der Waals surface area contributed by atoms with Crippen molar-refractivity contribution in [3.63, 3.8) is 0 Å². The van der Waals surface area contributed by atoms with Gasteiger partial charge >= 0.3 is 0 Å². The Labute approximate surface area is 201 Å². The van der Waals surface area contributed by atoms with Gasteiger partial charge in [0.25, 0.3) is 5.56 Å². The van der Waals surface area contributed by atoms with Crippen LogP contribution in [0.3, 0.4) is 0 Å². The first-order chi connectivity index (χ1) is 15.8. The number of rotatable bonds is 6. The maximum absolute atomic E-state index is 13.0. The zero-order valence-corrected chi connectivity index (χ0v) is 21.0. The molecule has 4 aromatic rings. The van der Waals surface area contributed by atoms with Gasteiger partial charge in [-0.2, -0.15) is 9.78 Å². The van der Waals surface area contributed by atoms with Crippen molar-refractivity contribution < 1.29 is 4.74 Å². The molecule has 0 saturated carbocycles. The average Bonchev–Trinajstić information content (AvgIpc) is 3.07. The van der Waals surface area contributed by atoms with Gasteiger partial charge in [-0.1, -0.05) is 22.9 Å². The second-order valence-corrected chi connectivity index (χ2v) is 9.09. The van der Waals surface area contributed by atoms with Crippen LogP contribution in [-0.2, 0) is 0 Å². The second kappa shape index (κ2) is 9.35. The summed E-state index contributed by atoms with van der Waals surface area (Å²) in [6.07, 6.45) is 2.87. The number of benzene rings is 2. The summed E-state index contributed by atoms with van der Waals surface area (Å²) in [7, 11) is 0. The standard InChI is InChI=1S/C26H27BrN4O2/c1-6-17(3)33-23-10-8-22(9-11-23)30-16(2)13-20(18(30)4)15-28-31-19(5)29-25-12-7-21(27)14-24(25)26(31)32/h7-15,17H,6H2,1-5H3/t17-/m0/s1. The molecule has 33 heavy (non-hydrogen) atoms. The lowest BCUT2D eigenvalue weighted by molar-refractivity contribution is 0.217. The Morgan fingerprint density at radius 3 is 2.55 bits per heavy atom. The molecule has 4 rings (SSSR count). The van der Waals surface area contributed by atoms with Crippen molar-refractivity contribution in [2.24, 2.45) is 5.10 Å². The maximum Gasteiger partial charge on any atom is 0.282 e. The molecule has 2 aromatic carbocycles. The van der Waals surface area contributed by atoms with Crippen LogP contribution in [0.2, 0.25) is 0 Å². The third-order valence-corrected chi connectivity index (χ3v) is 6.25. The summed E-state index contributed by atoms with van der Waals surface area (Å²) in [5.74, 6) is 1.40. The highest BCUT2D eigenvalue weighted by atomic mass is 79.9.